The molecule has 20 heavy (non-hydrogen) atoms. The van der Waals surface area contributed by atoms with Crippen LogP contribution in [0.5, 0.6) is 11.5 Å². The van der Waals surface area contributed by atoms with Gasteiger partial charge in [0.05, 0.1) is 0 Å². The molecule has 7 heteroatoms. The van der Waals surface area contributed by atoms with Crippen LogP contribution >= 0.6 is 0 Å². The predicted molar refractivity (Wildman–Crippen MR) is 58.1 cm³/mol. The van der Waals surface area contributed by atoms with Crippen molar-refractivity contribution in [2.75, 3.05) is 0 Å². The van der Waals surface area contributed by atoms with Gasteiger partial charge >= 0.3 is 0 Å². The summed E-state index contributed by atoms with van der Waals surface area (Å²) >= 11 is 0. The number of benzene rings is 2. The molecule has 0 aliphatic carbocycles. The van der Waals surface area contributed by atoms with Crippen molar-refractivity contribution in [2.24, 2.45) is 0 Å². The highest BCUT2D eigenvalue weighted by Crippen LogP contribution is 2.32. The first-order chi connectivity index (χ1) is 9.45. The molecule has 0 aromatic heterocycles. The van der Waals surface area contributed by atoms with Gasteiger partial charge in [-0.15, -0.1) is 0 Å². The molecule has 0 heterocycles. The van der Waals surface area contributed by atoms with E-state index in [2.05, 4.69) is 4.74 Å². The highest BCUT2D eigenvalue weighted by molar-refractivity contribution is 5.74. The van der Waals surface area contributed by atoms with Crippen molar-refractivity contribution in [1.29, 1.82) is 0 Å². The van der Waals surface area contributed by atoms with Gasteiger partial charge in [-0.1, -0.05) is 0 Å². The Morgan fingerprint density at radius 3 is 1.65 bits per heavy atom. The smallest absolute Gasteiger partial charge is 0.207 e. The Kier molecular flexibility index (Phi) is 3.69. The largest absolute Gasteiger partial charge is 0.451 e. The molecule has 2 aromatic rings. The standard InChI is InChI=1S/C13H5F5O2/c14-8-9(15)11(17)13(12(18)10(8)16)20-7-3-1-6(5-19)2-4-7/h1-5H. The van der Waals surface area contributed by atoms with Crippen molar-refractivity contribution in [3.05, 3.63) is 58.9 Å². The summed E-state index contributed by atoms with van der Waals surface area (Å²) in [6, 6.07) is 4.83. The van der Waals surface area contributed by atoms with Gasteiger partial charge in [0, 0.05) is 5.56 Å². The Balaban J connectivity index is 2.45. The lowest BCUT2D eigenvalue weighted by Gasteiger charge is -2.09. The lowest BCUT2D eigenvalue weighted by atomic mass is 10.2. The van der Waals surface area contributed by atoms with E-state index in [1.165, 1.54) is 12.1 Å². The van der Waals surface area contributed by atoms with Crippen molar-refractivity contribution >= 4 is 6.29 Å². The van der Waals surface area contributed by atoms with E-state index in [1.807, 2.05) is 0 Å². The second kappa shape index (κ2) is 5.28. The SMILES string of the molecule is O=Cc1ccc(Oc2c(F)c(F)c(F)c(F)c2F)cc1. The first kappa shape index (κ1) is 14.0. The first-order valence-electron chi connectivity index (χ1n) is 5.20. The molecule has 0 saturated heterocycles. The quantitative estimate of drug-likeness (QED) is 0.369. The van der Waals surface area contributed by atoms with Crippen molar-refractivity contribution in [3.63, 3.8) is 0 Å². The van der Waals surface area contributed by atoms with Crippen molar-refractivity contribution < 1.29 is 31.5 Å². The maximum Gasteiger partial charge on any atom is 0.207 e. The van der Waals surface area contributed by atoms with Gasteiger partial charge in [0.15, 0.2) is 0 Å². The van der Waals surface area contributed by atoms with Crippen LogP contribution in [0, 0.1) is 29.1 Å². The summed E-state index contributed by atoms with van der Waals surface area (Å²) in [6.07, 6.45) is 0.516. The summed E-state index contributed by atoms with van der Waals surface area (Å²) in [5, 5.41) is 0. The topological polar surface area (TPSA) is 26.3 Å². The van der Waals surface area contributed by atoms with Crippen LogP contribution in [0.4, 0.5) is 22.0 Å². The molecule has 0 atom stereocenters. The molecular weight excluding hydrogens is 283 g/mol. The van der Waals surface area contributed by atoms with Gasteiger partial charge in [0.2, 0.25) is 34.8 Å². The zero-order valence-electron chi connectivity index (χ0n) is 9.59. The zero-order valence-corrected chi connectivity index (χ0v) is 9.59. The molecule has 0 amide bonds. The molecule has 0 saturated carbocycles. The molecule has 0 N–H and O–H groups in total. The van der Waals surface area contributed by atoms with Crippen molar-refractivity contribution in [3.8, 4) is 11.5 Å². The van der Waals surface area contributed by atoms with E-state index in [4.69, 9.17) is 0 Å². The number of carbonyl (C=O) groups excluding carboxylic acids is 1. The summed E-state index contributed by atoms with van der Waals surface area (Å²) in [5.41, 5.74) is 0.259. The number of hydrogen-bond donors (Lipinski definition) is 0. The van der Waals surface area contributed by atoms with Crippen LogP contribution in [0.25, 0.3) is 0 Å². The summed E-state index contributed by atoms with van der Waals surface area (Å²) in [7, 11) is 0. The van der Waals surface area contributed by atoms with Crippen LogP contribution in [0.2, 0.25) is 0 Å². The average molecular weight is 288 g/mol. The molecule has 0 bridgehead atoms. The van der Waals surface area contributed by atoms with Crippen LogP contribution in [0.15, 0.2) is 24.3 Å². The van der Waals surface area contributed by atoms with E-state index in [0.717, 1.165) is 12.1 Å². The molecule has 0 aliphatic heterocycles. The third-order valence-corrected chi connectivity index (χ3v) is 2.41. The maximum absolute atomic E-state index is 13.3. The van der Waals surface area contributed by atoms with E-state index < -0.39 is 34.8 Å². The van der Waals surface area contributed by atoms with Gasteiger partial charge in [0.1, 0.15) is 12.0 Å². The Morgan fingerprint density at radius 1 is 0.750 bits per heavy atom. The minimum atomic E-state index is -2.26. The van der Waals surface area contributed by atoms with E-state index in [-0.39, 0.29) is 11.3 Å². The number of hydrogen-bond acceptors (Lipinski definition) is 2. The van der Waals surface area contributed by atoms with Crippen molar-refractivity contribution in [2.45, 2.75) is 0 Å². The zero-order chi connectivity index (χ0) is 14.9. The van der Waals surface area contributed by atoms with E-state index in [1.54, 1.807) is 0 Å². The van der Waals surface area contributed by atoms with Gasteiger partial charge in [-0.25, -0.2) is 13.2 Å². The fourth-order valence-electron chi connectivity index (χ4n) is 1.41. The minimum absolute atomic E-state index is 0.182. The molecular formula is C13H5F5O2. The fourth-order valence-corrected chi connectivity index (χ4v) is 1.41. The van der Waals surface area contributed by atoms with E-state index in [9.17, 15) is 26.7 Å². The summed E-state index contributed by atoms with van der Waals surface area (Å²) in [6.45, 7) is 0. The average Bonchev–Trinajstić information content (AvgIpc) is 2.48. The fraction of sp³-hybridized carbons (Fsp3) is 0. The minimum Gasteiger partial charge on any atom is -0.451 e. The van der Waals surface area contributed by atoms with Crippen LogP contribution in [0.1, 0.15) is 10.4 Å². The monoisotopic (exact) mass is 288 g/mol. The van der Waals surface area contributed by atoms with Crippen LogP contribution in [-0.2, 0) is 0 Å². The molecule has 2 aromatic carbocycles. The summed E-state index contributed by atoms with van der Waals surface area (Å²) in [4.78, 5) is 10.4. The number of rotatable bonds is 3. The highest BCUT2D eigenvalue weighted by atomic mass is 19.2. The number of aldehydes is 1. The van der Waals surface area contributed by atoms with Crippen molar-refractivity contribution in [1.82, 2.24) is 0 Å². The normalized spacial score (nSPS) is 10.4. The third kappa shape index (κ3) is 2.34. The molecule has 0 aliphatic rings. The Labute approximate surface area is 109 Å². The highest BCUT2D eigenvalue weighted by Gasteiger charge is 2.27. The molecule has 0 fully saturated rings. The maximum atomic E-state index is 13.3. The van der Waals surface area contributed by atoms with Gasteiger partial charge in [-0.05, 0) is 24.3 Å². The van der Waals surface area contributed by atoms with Gasteiger partial charge < -0.3 is 4.74 Å². The van der Waals surface area contributed by atoms with Crippen LogP contribution in [0.3, 0.4) is 0 Å². The second-order valence-corrected chi connectivity index (χ2v) is 3.69. The second-order valence-electron chi connectivity index (χ2n) is 3.69. The van der Waals surface area contributed by atoms with Crippen LogP contribution in [-0.4, -0.2) is 6.29 Å². The van der Waals surface area contributed by atoms with Gasteiger partial charge in [-0.3, -0.25) is 4.79 Å². The number of carbonyl (C=O) groups is 1. The van der Waals surface area contributed by atoms with Crippen LogP contribution < -0.4 is 4.74 Å². The molecule has 0 unspecified atom stereocenters. The van der Waals surface area contributed by atoms with Gasteiger partial charge in [-0.2, -0.15) is 8.78 Å². The number of halogens is 5. The lowest BCUT2D eigenvalue weighted by molar-refractivity contribution is 0.112. The molecule has 0 spiro atoms. The molecule has 104 valence electrons. The van der Waals surface area contributed by atoms with E-state index in [0.29, 0.717) is 6.29 Å². The first-order valence-corrected chi connectivity index (χ1v) is 5.20. The summed E-state index contributed by atoms with van der Waals surface area (Å²) in [5.74, 6) is -12.2. The number of ether oxygens (including phenoxy) is 1. The predicted octanol–water partition coefficient (Wildman–Crippen LogP) is 3.99. The Hall–Kier alpha value is -2.44. The Bertz CT molecular complexity index is 638. The molecule has 2 rings (SSSR count). The third-order valence-electron chi connectivity index (χ3n) is 2.41. The molecule has 0 radical (unpaired) electrons. The lowest BCUT2D eigenvalue weighted by Crippen LogP contribution is -2.04. The summed E-state index contributed by atoms with van der Waals surface area (Å²) < 4.78 is 70.0. The van der Waals surface area contributed by atoms with Gasteiger partial charge in [0.25, 0.3) is 0 Å². The van der Waals surface area contributed by atoms with E-state index >= 15 is 0 Å². The molecule has 2 nitrogen and oxygen atoms in total. The Morgan fingerprint density at radius 2 is 1.20 bits per heavy atom.